The Morgan fingerprint density at radius 3 is 2.71 bits per heavy atom. The van der Waals surface area contributed by atoms with Crippen molar-refractivity contribution in [2.24, 2.45) is 5.92 Å². The maximum atomic E-state index is 5.64. The van der Waals surface area contributed by atoms with Crippen LogP contribution < -0.4 is 5.32 Å². The molecule has 1 N–H and O–H groups in total. The van der Waals surface area contributed by atoms with Crippen molar-refractivity contribution < 1.29 is 9.47 Å². The van der Waals surface area contributed by atoms with Gasteiger partial charge in [0.15, 0.2) is 0 Å². The Hall–Kier alpha value is -0.120. The van der Waals surface area contributed by atoms with Gasteiger partial charge in [0.05, 0.1) is 19.3 Å². The highest BCUT2D eigenvalue weighted by Crippen LogP contribution is 2.23. The Labute approximate surface area is 105 Å². The normalized spacial score (nSPS) is 34.1. The van der Waals surface area contributed by atoms with Crippen molar-refractivity contribution in [3.63, 3.8) is 0 Å². The van der Waals surface area contributed by atoms with E-state index < -0.39 is 0 Å². The molecule has 0 spiro atoms. The molecule has 1 atom stereocenters. The zero-order valence-corrected chi connectivity index (χ0v) is 11.1. The molecular weight excluding hydrogens is 214 g/mol. The second-order valence-corrected chi connectivity index (χ2v) is 5.62. The van der Waals surface area contributed by atoms with E-state index in [2.05, 4.69) is 12.2 Å². The van der Waals surface area contributed by atoms with Crippen molar-refractivity contribution in [2.45, 2.75) is 57.6 Å². The standard InChI is InChI=1S/C14H27NO2/c1-12-4-6-13(7-5-12)15-8-10-16-11-14-3-2-9-17-14/h12-15H,2-11H2,1H3. The molecule has 2 aliphatic rings. The predicted octanol–water partition coefficient (Wildman–Crippen LogP) is 2.35. The summed E-state index contributed by atoms with van der Waals surface area (Å²) >= 11 is 0. The van der Waals surface area contributed by atoms with Gasteiger partial charge in [-0.05, 0) is 44.4 Å². The van der Waals surface area contributed by atoms with E-state index in [4.69, 9.17) is 9.47 Å². The van der Waals surface area contributed by atoms with E-state index in [-0.39, 0.29) is 0 Å². The molecule has 1 saturated heterocycles. The Morgan fingerprint density at radius 2 is 2.00 bits per heavy atom. The van der Waals surface area contributed by atoms with Gasteiger partial charge in [-0.15, -0.1) is 0 Å². The number of hydrogen-bond acceptors (Lipinski definition) is 3. The second kappa shape index (κ2) is 7.34. The molecule has 0 bridgehead atoms. The smallest absolute Gasteiger partial charge is 0.0809 e. The van der Waals surface area contributed by atoms with Crippen LogP contribution in [0.15, 0.2) is 0 Å². The van der Waals surface area contributed by atoms with Gasteiger partial charge >= 0.3 is 0 Å². The SMILES string of the molecule is CC1CCC(NCCOCC2CCCO2)CC1. The first-order chi connectivity index (χ1) is 8.34. The monoisotopic (exact) mass is 241 g/mol. The van der Waals surface area contributed by atoms with E-state index in [1.54, 1.807) is 0 Å². The van der Waals surface area contributed by atoms with E-state index in [0.717, 1.165) is 38.3 Å². The molecule has 0 radical (unpaired) electrons. The molecule has 1 aliphatic heterocycles. The number of rotatable bonds is 6. The van der Waals surface area contributed by atoms with Crippen molar-refractivity contribution in [3.8, 4) is 0 Å². The van der Waals surface area contributed by atoms with Crippen LogP contribution in [-0.2, 0) is 9.47 Å². The van der Waals surface area contributed by atoms with Gasteiger partial charge in [0.2, 0.25) is 0 Å². The summed E-state index contributed by atoms with van der Waals surface area (Å²) in [6.45, 7) is 5.88. The fourth-order valence-electron chi connectivity index (χ4n) is 2.79. The minimum Gasteiger partial charge on any atom is -0.377 e. The average Bonchev–Trinajstić information content (AvgIpc) is 2.84. The van der Waals surface area contributed by atoms with Crippen LogP contribution in [0.3, 0.4) is 0 Å². The van der Waals surface area contributed by atoms with E-state index in [0.29, 0.717) is 6.10 Å². The minimum absolute atomic E-state index is 0.366. The van der Waals surface area contributed by atoms with Gasteiger partial charge in [-0.3, -0.25) is 0 Å². The van der Waals surface area contributed by atoms with Crippen LogP contribution in [0, 0.1) is 5.92 Å². The highest BCUT2D eigenvalue weighted by molar-refractivity contribution is 4.75. The molecule has 0 amide bonds. The maximum absolute atomic E-state index is 5.64. The second-order valence-electron chi connectivity index (χ2n) is 5.62. The van der Waals surface area contributed by atoms with Gasteiger partial charge in [0.1, 0.15) is 0 Å². The van der Waals surface area contributed by atoms with E-state index in [9.17, 15) is 0 Å². The molecule has 0 aromatic carbocycles. The lowest BCUT2D eigenvalue weighted by Crippen LogP contribution is -2.35. The molecule has 17 heavy (non-hydrogen) atoms. The molecular formula is C14H27NO2. The summed E-state index contributed by atoms with van der Waals surface area (Å²) in [7, 11) is 0. The molecule has 1 saturated carbocycles. The molecule has 1 heterocycles. The van der Waals surface area contributed by atoms with E-state index in [1.165, 1.54) is 38.5 Å². The first-order valence-electron chi connectivity index (χ1n) is 7.27. The fraction of sp³-hybridized carbons (Fsp3) is 1.00. The summed E-state index contributed by atoms with van der Waals surface area (Å²) in [6.07, 6.45) is 8.19. The third kappa shape index (κ3) is 4.94. The van der Waals surface area contributed by atoms with Crippen molar-refractivity contribution in [2.75, 3.05) is 26.4 Å². The molecule has 2 fully saturated rings. The van der Waals surface area contributed by atoms with Gasteiger partial charge in [-0.2, -0.15) is 0 Å². The third-order valence-electron chi connectivity index (χ3n) is 4.02. The lowest BCUT2D eigenvalue weighted by Gasteiger charge is -2.27. The van der Waals surface area contributed by atoms with Crippen molar-refractivity contribution in [1.29, 1.82) is 0 Å². The van der Waals surface area contributed by atoms with Gasteiger partial charge in [-0.1, -0.05) is 6.92 Å². The van der Waals surface area contributed by atoms with Crippen LogP contribution in [0.5, 0.6) is 0 Å². The highest BCUT2D eigenvalue weighted by Gasteiger charge is 2.17. The maximum Gasteiger partial charge on any atom is 0.0809 e. The van der Waals surface area contributed by atoms with Crippen LogP contribution in [0.25, 0.3) is 0 Å². The highest BCUT2D eigenvalue weighted by atomic mass is 16.5. The Morgan fingerprint density at radius 1 is 1.18 bits per heavy atom. The molecule has 100 valence electrons. The largest absolute Gasteiger partial charge is 0.377 e. The molecule has 2 rings (SSSR count). The van der Waals surface area contributed by atoms with E-state index >= 15 is 0 Å². The molecule has 3 heteroatoms. The lowest BCUT2D eigenvalue weighted by molar-refractivity contribution is 0.0175. The topological polar surface area (TPSA) is 30.5 Å². The summed E-state index contributed by atoms with van der Waals surface area (Å²) in [5, 5.41) is 3.60. The minimum atomic E-state index is 0.366. The van der Waals surface area contributed by atoms with Crippen molar-refractivity contribution in [1.82, 2.24) is 5.32 Å². The Bertz CT molecular complexity index is 196. The molecule has 3 nitrogen and oxygen atoms in total. The van der Waals surface area contributed by atoms with Crippen LogP contribution in [0.2, 0.25) is 0 Å². The molecule has 1 unspecified atom stereocenters. The van der Waals surface area contributed by atoms with Crippen molar-refractivity contribution >= 4 is 0 Å². The first-order valence-corrected chi connectivity index (χ1v) is 7.27. The van der Waals surface area contributed by atoms with Crippen LogP contribution >= 0.6 is 0 Å². The Balaban J connectivity index is 1.43. The predicted molar refractivity (Wildman–Crippen MR) is 69.2 cm³/mol. The summed E-state index contributed by atoms with van der Waals surface area (Å²) in [5.41, 5.74) is 0. The molecule has 1 aliphatic carbocycles. The zero-order valence-electron chi connectivity index (χ0n) is 11.1. The average molecular weight is 241 g/mol. The van der Waals surface area contributed by atoms with E-state index in [1.807, 2.05) is 0 Å². The molecule has 0 aromatic heterocycles. The summed E-state index contributed by atoms with van der Waals surface area (Å²) in [4.78, 5) is 0. The number of hydrogen-bond donors (Lipinski definition) is 1. The lowest BCUT2D eigenvalue weighted by atomic mass is 9.87. The number of ether oxygens (including phenoxy) is 2. The first kappa shape index (κ1) is 13.3. The van der Waals surface area contributed by atoms with Gasteiger partial charge in [0, 0.05) is 19.2 Å². The fourth-order valence-corrected chi connectivity index (χ4v) is 2.79. The Kier molecular flexibility index (Phi) is 5.75. The molecule has 0 aromatic rings. The zero-order chi connectivity index (χ0) is 11.9. The van der Waals surface area contributed by atoms with Gasteiger partial charge in [0.25, 0.3) is 0 Å². The van der Waals surface area contributed by atoms with Crippen LogP contribution in [-0.4, -0.2) is 38.5 Å². The summed E-state index contributed by atoms with van der Waals surface area (Å²) in [6, 6.07) is 0.734. The van der Waals surface area contributed by atoms with Gasteiger partial charge in [-0.25, -0.2) is 0 Å². The summed E-state index contributed by atoms with van der Waals surface area (Å²) < 4.78 is 11.2. The van der Waals surface area contributed by atoms with Crippen LogP contribution in [0.4, 0.5) is 0 Å². The van der Waals surface area contributed by atoms with Crippen molar-refractivity contribution in [3.05, 3.63) is 0 Å². The third-order valence-corrected chi connectivity index (χ3v) is 4.02. The quantitative estimate of drug-likeness (QED) is 0.724. The summed E-state index contributed by atoms with van der Waals surface area (Å²) in [5.74, 6) is 0.934. The number of nitrogens with one attached hydrogen (secondary N) is 1. The van der Waals surface area contributed by atoms with Crippen LogP contribution in [0.1, 0.15) is 45.4 Å². The van der Waals surface area contributed by atoms with Gasteiger partial charge < -0.3 is 14.8 Å².